The number of hydrogen-bond donors (Lipinski definition) is 1. The van der Waals surface area contributed by atoms with Gasteiger partial charge in [0.25, 0.3) is 5.91 Å². The minimum atomic E-state index is -0.979. The average Bonchev–Trinajstić information content (AvgIpc) is 2.66. The minimum Gasteiger partial charge on any atom is -0.372 e. The maximum absolute atomic E-state index is 13.4. The Bertz CT molecular complexity index is 340. The first-order valence-electron chi connectivity index (χ1n) is 6.29. The Balaban J connectivity index is 2.58. The molecule has 110 valence electrons. The zero-order valence-corrected chi connectivity index (χ0v) is 11.6. The summed E-state index contributed by atoms with van der Waals surface area (Å²) in [6, 6.07) is -0.180. The van der Waals surface area contributed by atoms with Crippen molar-refractivity contribution in [3.05, 3.63) is 0 Å². The third-order valence-corrected chi connectivity index (χ3v) is 3.40. The van der Waals surface area contributed by atoms with Crippen LogP contribution >= 0.6 is 0 Å². The second-order valence-corrected chi connectivity index (χ2v) is 4.98. The van der Waals surface area contributed by atoms with E-state index in [1.54, 1.807) is 18.9 Å². The number of alkyl halides is 1. The average molecular weight is 275 g/mol. The van der Waals surface area contributed by atoms with E-state index in [-0.39, 0.29) is 25.0 Å². The van der Waals surface area contributed by atoms with Crippen LogP contribution in [0.2, 0.25) is 0 Å². The molecule has 19 heavy (non-hydrogen) atoms. The molecule has 1 heterocycles. The van der Waals surface area contributed by atoms with Crippen LogP contribution in [0, 0.1) is 0 Å². The molecule has 1 saturated heterocycles. The maximum Gasteiger partial charge on any atom is 0.251 e. The van der Waals surface area contributed by atoms with Gasteiger partial charge >= 0.3 is 0 Å². The van der Waals surface area contributed by atoms with Crippen LogP contribution in [0.15, 0.2) is 0 Å². The Morgan fingerprint density at radius 3 is 2.74 bits per heavy atom. The van der Waals surface area contributed by atoms with Gasteiger partial charge in [-0.3, -0.25) is 14.5 Å². The topological polar surface area (TPSA) is 75.9 Å². The van der Waals surface area contributed by atoms with E-state index in [0.29, 0.717) is 13.0 Å². The number of halogens is 1. The Morgan fingerprint density at radius 1 is 1.58 bits per heavy atom. The van der Waals surface area contributed by atoms with Gasteiger partial charge in [0, 0.05) is 33.3 Å². The van der Waals surface area contributed by atoms with Crippen LogP contribution in [0.4, 0.5) is 4.39 Å². The van der Waals surface area contributed by atoms with E-state index in [0.717, 1.165) is 0 Å². The largest absolute Gasteiger partial charge is 0.372 e. The Labute approximate surface area is 112 Å². The van der Waals surface area contributed by atoms with E-state index in [1.807, 2.05) is 0 Å². The first kappa shape index (κ1) is 15.8. The first-order chi connectivity index (χ1) is 8.85. The van der Waals surface area contributed by atoms with E-state index in [4.69, 9.17) is 10.5 Å². The summed E-state index contributed by atoms with van der Waals surface area (Å²) >= 11 is 0. The lowest BCUT2D eigenvalue weighted by Crippen LogP contribution is -2.46. The number of likely N-dealkylation sites (tertiary alicyclic amines) is 1. The monoisotopic (exact) mass is 275 g/mol. The number of nitrogens with two attached hydrogens (primary N) is 1. The summed E-state index contributed by atoms with van der Waals surface area (Å²) in [6.45, 7) is 2.23. The van der Waals surface area contributed by atoms with Crippen molar-refractivity contribution in [3.63, 3.8) is 0 Å². The normalized spacial score (nSPS) is 25.3. The Hall–Kier alpha value is -1.21. The van der Waals surface area contributed by atoms with Gasteiger partial charge in [-0.15, -0.1) is 0 Å². The second-order valence-electron chi connectivity index (χ2n) is 4.98. The number of carbonyl (C=O) groups excluding carboxylic acids is 2. The van der Waals surface area contributed by atoms with Crippen LogP contribution in [0.5, 0.6) is 0 Å². The molecule has 3 atom stereocenters. The second kappa shape index (κ2) is 6.81. The van der Waals surface area contributed by atoms with Crippen LogP contribution in [0.3, 0.4) is 0 Å². The van der Waals surface area contributed by atoms with E-state index < -0.39 is 18.2 Å². The van der Waals surface area contributed by atoms with Crippen molar-refractivity contribution in [2.45, 2.75) is 31.7 Å². The molecule has 0 saturated carbocycles. The molecule has 1 fully saturated rings. The van der Waals surface area contributed by atoms with Gasteiger partial charge in [0.15, 0.2) is 0 Å². The smallest absolute Gasteiger partial charge is 0.251 e. The van der Waals surface area contributed by atoms with Gasteiger partial charge in [0.1, 0.15) is 12.3 Å². The molecule has 0 aliphatic carbocycles. The highest BCUT2D eigenvalue weighted by molar-refractivity contribution is 5.80. The van der Waals surface area contributed by atoms with Gasteiger partial charge in [-0.2, -0.15) is 0 Å². The van der Waals surface area contributed by atoms with Crippen LogP contribution < -0.4 is 5.73 Å². The molecule has 0 bridgehead atoms. The number of nitrogens with zero attached hydrogens (tertiary/aromatic N) is 2. The van der Waals surface area contributed by atoms with Gasteiger partial charge in [-0.1, -0.05) is 0 Å². The van der Waals surface area contributed by atoms with Crippen LogP contribution in [-0.2, 0) is 14.3 Å². The molecule has 7 heteroatoms. The number of carbonyl (C=O) groups is 2. The molecule has 0 aromatic carbocycles. The molecule has 2 amide bonds. The van der Waals surface area contributed by atoms with Crippen molar-refractivity contribution < 1.29 is 18.7 Å². The third kappa shape index (κ3) is 4.43. The molecule has 1 aliphatic heterocycles. The molecule has 0 spiro atoms. The fourth-order valence-corrected chi connectivity index (χ4v) is 2.32. The summed E-state index contributed by atoms with van der Waals surface area (Å²) in [5.74, 6) is -0.651. The molecule has 1 rings (SSSR count). The SMILES string of the molecule is COC(C)C(=O)N(C)C[C@@H]1C[C@H](F)CN1CC(N)=O. The summed E-state index contributed by atoms with van der Waals surface area (Å²) in [5.41, 5.74) is 5.14. The number of amides is 2. The van der Waals surface area contributed by atoms with Crippen molar-refractivity contribution in [1.29, 1.82) is 0 Å². The number of ether oxygens (including phenoxy) is 1. The van der Waals surface area contributed by atoms with Crippen LogP contribution in [-0.4, -0.2) is 73.7 Å². The molecule has 0 aromatic heterocycles. The molecule has 6 nitrogen and oxygen atoms in total. The van der Waals surface area contributed by atoms with Gasteiger partial charge in [-0.25, -0.2) is 4.39 Å². The highest BCUT2D eigenvalue weighted by Crippen LogP contribution is 2.20. The fraction of sp³-hybridized carbons (Fsp3) is 0.833. The standard InChI is InChI=1S/C12H22FN3O3/c1-8(19-3)12(18)15(2)6-10-4-9(13)5-16(10)7-11(14)17/h8-10H,4-7H2,1-3H3,(H2,14,17)/t8?,9-,10-/m0/s1. The lowest BCUT2D eigenvalue weighted by molar-refractivity contribution is -0.140. The Morgan fingerprint density at radius 2 is 2.21 bits per heavy atom. The summed E-state index contributed by atoms with van der Waals surface area (Å²) in [5, 5.41) is 0. The van der Waals surface area contributed by atoms with E-state index in [2.05, 4.69) is 0 Å². The number of hydrogen-bond acceptors (Lipinski definition) is 4. The quantitative estimate of drug-likeness (QED) is 0.701. The zero-order valence-electron chi connectivity index (χ0n) is 11.6. The van der Waals surface area contributed by atoms with Crippen molar-refractivity contribution in [2.75, 3.05) is 33.8 Å². The maximum atomic E-state index is 13.4. The molecule has 1 aliphatic rings. The number of likely N-dealkylation sites (N-methyl/N-ethyl adjacent to an activating group) is 1. The molecule has 2 N–H and O–H groups in total. The molecular weight excluding hydrogens is 253 g/mol. The summed E-state index contributed by atoms with van der Waals surface area (Å²) in [4.78, 5) is 26.0. The lowest BCUT2D eigenvalue weighted by Gasteiger charge is -2.28. The number of methoxy groups -OCH3 is 1. The van der Waals surface area contributed by atoms with Crippen molar-refractivity contribution in [1.82, 2.24) is 9.80 Å². The molecule has 0 radical (unpaired) electrons. The number of primary amides is 1. The van der Waals surface area contributed by atoms with E-state index in [1.165, 1.54) is 12.0 Å². The van der Waals surface area contributed by atoms with Crippen molar-refractivity contribution >= 4 is 11.8 Å². The number of rotatable bonds is 6. The molecule has 0 aromatic rings. The highest BCUT2D eigenvalue weighted by atomic mass is 19.1. The highest BCUT2D eigenvalue weighted by Gasteiger charge is 2.34. The fourth-order valence-electron chi connectivity index (χ4n) is 2.32. The Kier molecular flexibility index (Phi) is 5.68. The minimum absolute atomic E-state index is 0.0208. The summed E-state index contributed by atoms with van der Waals surface area (Å²) in [6.07, 6.45) is -1.20. The van der Waals surface area contributed by atoms with Crippen LogP contribution in [0.25, 0.3) is 0 Å². The van der Waals surface area contributed by atoms with E-state index >= 15 is 0 Å². The molecular formula is C12H22FN3O3. The van der Waals surface area contributed by atoms with Crippen molar-refractivity contribution in [2.24, 2.45) is 5.73 Å². The molecule has 1 unspecified atom stereocenters. The van der Waals surface area contributed by atoms with Gasteiger partial charge in [0.2, 0.25) is 5.91 Å². The summed E-state index contributed by atoms with van der Waals surface area (Å²) in [7, 11) is 3.11. The lowest BCUT2D eigenvalue weighted by atomic mass is 10.2. The zero-order chi connectivity index (χ0) is 14.6. The first-order valence-corrected chi connectivity index (χ1v) is 6.29. The van der Waals surface area contributed by atoms with Crippen LogP contribution in [0.1, 0.15) is 13.3 Å². The third-order valence-electron chi connectivity index (χ3n) is 3.40. The van der Waals surface area contributed by atoms with Gasteiger partial charge in [0.05, 0.1) is 6.54 Å². The van der Waals surface area contributed by atoms with Gasteiger partial charge in [-0.05, 0) is 13.3 Å². The predicted molar refractivity (Wildman–Crippen MR) is 68.2 cm³/mol. The van der Waals surface area contributed by atoms with Crippen molar-refractivity contribution in [3.8, 4) is 0 Å². The predicted octanol–water partition coefficient (Wildman–Crippen LogP) is -0.623. The van der Waals surface area contributed by atoms with Gasteiger partial charge < -0.3 is 15.4 Å². The summed E-state index contributed by atoms with van der Waals surface area (Å²) < 4.78 is 18.4. The van der Waals surface area contributed by atoms with E-state index in [9.17, 15) is 14.0 Å².